The van der Waals surface area contributed by atoms with Gasteiger partial charge in [-0.15, -0.1) is 0 Å². The number of nitrogens with zero attached hydrogens (tertiary/aromatic N) is 5. The number of non-ortho nitro benzene ring substituents is 1. The SMILES string of the molecule is CS(=O)(=O)N1CCN(Cc2c(-c3ccc([N+](=O)[O-])cc3)nc3ccc(-c4cccc(Cl)c4)cn23)CC1. The van der Waals surface area contributed by atoms with Crippen molar-refractivity contribution in [3.05, 3.63) is 87.7 Å². The molecule has 0 radical (unpaired) electrons. The Labute approximate surface area is 213 Å². The molecule has 36 heavy (non-hydrogen) atoms. The Kier molecular flexibility index (Phi) is 6.52. The zero-order valence-corrected chi connectivity index (χ0v) is 21.1. The van der Waals surface area contributed by atoms with Crippen molar-refractivity contribution in [1.82, 2.24) is 18.6 Å². The van der Waals surface area contributed by atoms with E-state index in [1.165, 1.54) is 22.7 Å². The molecule has 5 rings (SSSR count). The van der Waals surface area contributed by atoms with Crippen LogP contribution in [0, 0.1) is 10.1 Å². The zero-order chi connectivity index (χ0) is 25.4. The molecule has 0 spiro atoms. The maximum absolute atomic E-state index is 11.9. The Morgan fingerprint density at radius 1 is 0.972 bits per heavy atom. The van der Waals surface area contributed by atoms with Crippen LogP contribution in [0.2, 0.25) is 5.02 Å². The van der Waals surface area contributed by atoms with Crippen LogP contribution in [-0.4, -0.2) is 64.4 Å². The average Bonchev–Trinajstić information content (AvgIpc) is 3.21. The number of pyridine rings is 1. The number of halogens is 1. The van der Waals surface area contributed by atoms with E-state index in [2.05, 4.69) is 4.90 Å². The van der Waals surface area contributed by atoms with E-state index in [0.717, 1.165) is 33.7 Å². The molecule has 2 aromatic heterocycles. The summed E-state index contributed by atoms with van der Waals surface area (Å²) < 4.78 is 27.4. The van der Waals surface area contributed by atoms with Gasteiger partial charge in [-0.2, -0.15) is 4.31 Å². The van der Waals surface area contributed by atoms with Crippen molar-refractivity contribution in [2.75, 3.05) is 32.4 Å². The lowest BCUT2D eigenvalue weighted by molar-refractivity contribution is -0.384. The molecular weight excluding hydrogens is 502 g/mol. The molecule has 0 saturated carbocycles. The number of imidazole rings is 1. The number of nitro groups is 1. The summed E-state index contributed by atoms with van der Waals surface area (Å²) in [6, 6.07) is 17.9. The van der Waals surface area contributed by atoms with Gasteiger partial charge in [-0.1, -0.05) is 23.7 Å². The lowest BCUT2D eigenvalue weighted by atomic mass is 10.1. The molecule has 1 saturated heterocycles. The standard InChI is InChI=1S/C25H24ClN5O4S/c1-36(34,35)29-13-11-28(12-14-29)17-23-25(18-5-8-22(9-6-18)31(32)33)27-24-10-7-20(16-30(23)24)19-3-2-4-21(26)15-19/h2-10,15-16H,11-14,17H2,1H3. The molecular formula is C25H24ClN5O4S. The van der Waals surface area contributed by atoms with E-state index in [1.807, 2.05) is 47.0 Å². The van der Waals surface area contributed by atoms with Crippen molar-refractivity contribution in [3.63, 3.8) is 0 Å². The maximum Gasteiger partial charge on any atom is 0.269 e. The number of fused-ring (bicyclic) bond motifs is 1. The largest absolute Gasteiger partial charge is 0.301 e. The fourth-order valence-corrected chi connectivity index (χ4v) is 5.50. The van der Waals surface area contributed by atoms with Crippen LogP contribution in [0.3, 0.4) is 0 Å². The predicted octanol–water partition coefficient (Wildman–Crippen LogP) is 4.31. The van der Waals surface area contributed by atoms with E-state index in [-0.39, 0.29) is 5.69 Å². The van der Waals surface area contributed by atoms with Crippen molar-refractivity contribution >= 4 is 33.0 Å². The van der Waals surface area contributed by atoms with Crippen molar-refractivity contribution in [2.45, 2.75) is 6.54 Å². The van der Waals surface area contributed by atoms with Gasteiger partial charge in [0.1, 0.15) is 5.65 Å². The van der Waals surface area contributed by atoms with Gasteiger partial charge in [-0.3, -0.25) is 15.0 Å². The van der Waals surface area contributed by atoms with Gasteiger partial charge in [0.05, 0.1) is 22.6 Å². The third-order valence-corrected chi connectivity index (χ3v) is 7.94. The summed E-state index contributed by atoms with van der Waals surface area (Å²) in [5, 5.41) is 11.8. The summed E-state index contributed by atoms with van der Waals surface area (Å²) >= 11 is 6.22. The number of piperazine rings is 1. The fraction of sp³-hybridized carbons (Fsp3) is 0.240. The zero-order valence-electron chi connectivity index (χ0n) is 19.5. The summed E-state index contributed by atoms with van der Waals surface area (Å²) in [6.45, 7) is 2.58. The Morgan fingerprint density at radius 3 is 2.31 bits per heavy atom. The van der Waals surface area contributed by atoms with Crippen LogP contribution < -0.4 is 0 Å². The van der Waals surface area contributed by atoms with Gasteiger partial charge in [0.15, 0.2) is 0 Å². The highest BCUT2D eigenvalue weighted by Gasteiger charge is 2.25. The first-order valence-corrected chi connectivity index (χ1v) is 13.6. The van der Waals surface area contributed by atoms with Gasteiger partial charge < -0.3 is 4.40 Å². The first kappa shape index (κ1) is 24.4. The topological polar surface area (TPSA) is 101 Å². The predicted molar refractivity (Wildman–Crippen MR) is 139 cm³/mol. The Morgan fingerprint density at radius 2 is 1.67 bits per heavy atom. The van der Waals surface area contributed by atoms with Gasteiger partial charge >= 0.3 is 0 Å². The molecule has 0 unspecified atom stereocenters. The van der Waals surface area contributed by atoms with E-state index >= 15 is 0 Å². The number of hydrogen-bond donors (Lipinski definition) is 0. The molecule has 1 aliphatic rings. The molecule has 1 fully saturated rings. The molecule has 1 aliphatic heterocycles. The van der Waals surface area contributed by atoms with Crippen LogP contribution in [0.5, 0.6) is 0 Å². The molecule has 0 amide bonds. The summed E-state index contributed by atoms with van der Waals surface area (Å²) in [4.78, 5) is 17.8. The lowest BCUT2D eigenvalue weighted by Crippen LogP contribution is -2.47. The molecule has 0 N–H and O–H groups in total. The van der Waals surface area contributed by atoms with Crippen LogP contribution in [0.1, 0.15) is 5.69 Å². The van der Waals surface area contributed by atoms with Gasteiger partial charge in [0, 0.05) is 61.6 Å². The molecule has 2 aromatic carbocycles. The van der Waals surface area contributed by atoms with Crippen molar-refractivity contribution in [3.8, 4) is 22.4 Å². The van der Waals surface area contributed by atoms with E-state index in [9.17, 15) is 18.5 Å². The fourth-order valence-electron chi connectivity index (χ4n) is 4.49. The first-order valence-electron chi connectivity index (χ1n) is 11.4. The highest BCUT2D eigenvalue weighted by Crippen LogP contribution is 2.30. The summed E-state index contributed by atoms with van der Waals surface area (Å²) in [5.41, 5.74) is 5.15. The molecule has 9 nitrogen and oxygen atoms in total. The summed E-state index contributed by atoms with van der Waals surface area (Å²) in [5.74, 6) is 0. The third-order valence-electron chi connectivity index (χ3n) is 6.40. The molecule has 0 bridgehead atoms. The Hall–Kier alpha value is -3.31. The van der Waals surface area contributed by atoms with Gasteiger partial charge in [0.25, 0.3) is 5.69 Å². The number of sulfonamides is 1. The molecule has 186 valence electrons. The quantitative estimate of drug-likeness (QED) is 0.275. The second-order valence-electron chi connectivity index (χ2n) is 8.81. The van der Waals surface area contributed by atoms with Crippen molar-refractivity contribution in [1.29, 1.82) is 0 Å². The minimum Gasteiger partial charge on any atom is -0.301 e. The van der Waals surface area contributed by atoms with Crippen molar-refractivity contribution in [2.24, 2.45) is 0 Å². The van der Waals surface area contributed by atoms with Crippen LogP contribution in [0.25, 0.3) is 28.0 Å². The minimum absolute atomic E-state index is 0.0178. The first-order chi connectivity index (χ1) is 17.2. The second-order valence-corrected chi connectivity index (χ2v) is 11.2. The molecule has 0 atom stereocenters. The van der Waals surface area contributed by atoms with Crippen LogP contribution >= 0.6 is 11.6 Å². The van der Waals surface area contributed by atoms with Crippen LogP contribution in [0.4, 0.5) is 5.69 Å². The number of rotatable bonds is 6. The molecule has 3 heterocycles. The Bertz CT molecular complexity index is 1540. The molecule has 11 heteroatoms. The van der Waals surface area contributed by atoms with E-state index in [4.69, 9.17) is 16.6 Å². The third kappa shape index (κ3) is 4.98. The van der Waals surface area contributed by atoms with E-state index in [1.54, 1.807) is 12.1 Å². The van der Waals surface area contributed by atoms with E-state index < -0.39 is 14.9 Å². The van der Waals surface area contributed by atoms with Gasteiger partial charge in [-0.05, 0) is 47.5 Å². The molecule has 4 aromatic rings. The van der Waals surface area contributed by atoms with Crippen LogP contribution in [0.15, 0.2) is 66.9 Å². The maximum atomic E-state index is 11.9. The lowest BCUT2D eigenvalue weighted by Gasteiger charge is -2.33. The van der Waals surface area contributed by atoms with Gasteiger partial charge in [0.2, 0.25) is 10.0 Å². The smallest absolute Gasteiger partial charge is 0.269 e. The normalized spacial score (nSPS) is 15.4. The monoisotopic (exact) mass is 525 g/mol. The number of nitro benzene ring substituents is 1. The number of benzene rings is 2. The van der Waals surface area contributed by atoms with Crippen molar-refractivity contribution < 1.29 is 13.3 Å². The van der Waals surface area contributed by atoms with Gasteiger partial charge in [-0.25, -0.2) is 13.4 Å². The highest BCUT2D eigenvalue weighted by atomic mass is 35.5. The Balaban J connectivity index is 1.56. The summed E-state index contributed by atoms with van der Waals surface area (Å²) in [7, 11) is -3.22. The highest BCUT2D eigenvalue weighted by molar-refractivity contribution is 7.88. The summed E-state index contributed by atoms with van der Waals surface area (Å²) in [6.07, 6.45) is 3.25. The number of hydrogen-bond acceptors (Lipinski definition) is 6. The minimum atomic E-state index is -3.22. The average molecular weight is 526 g/mol. The number of aromatic nitrogens is 2. The van der Waals surface area contributed by atoms with Crippen LogP contribution in [-0.2, 0) is 16.6 Å². The molecule has 0 aliphatic carbocycles. The van der Waals surface area contributed by atoms with E-state index in [0.29, 0.717) is 37.7 Å². The second kappa shape index (κ2) is 9.62.